The summed E-state index contributed by atoms with van der Waals surface area (Å²) in [6.45, 7) is 3.16. The quantitative estimate of drug-likeness (QED) is 0.721. The highest BCUT2D eigenvalue weighted by molar-refractivity contribution is 7.93. The Labute approximate surface area is 90.6 Å². The maximum absolute atomic E-state index is 12.0. The Morgan fingerprint density at radius 2 is 1.87 bits per heavy atom. The summed E-state index contributed by atoms with van der Waals surface area (Å²) in [5.41, 5.74) is 0. The van der Waals surface area contributed by atoms with Crippen molar-refractivity contribution in [1.29, 1.82) is 0 Å². The molecule has 1 heterocycles. The van der Waals surface area contributed by atoms with Crippen LogP contribution in [-0.2, 0) is 19.3 Å². The molecule has 0 saturated carbocycles. The zero-order valence-corrected chi connectivity index (χ0v) is 10.0. The molecule has 0 radical (unpaired) electrons. The molecule has 15 heavy (non-hydrogen) atoms. The summed E-state index contributed by atoms with van der Waals surface area (Å²) < 4.78 is 15.6. The molecule has 86 valence electrons. The number of amides is 1. The number of hydrogen-bond donors (Lipinski definition) is 0. The van der Waals surface area contributed by atoms with Crippen molar-refractivity contribution in [3.63, 3.8) is 0 Å². The van der Waals surface area contributed by atoms with Crippen LogP contribution in [0.15, 0.2) is 4.36 Å². The Morgan fingerprint density at radius 3 is 2.27 bits per heavy atom. The second-order valence-corrected chi connectivity index (χ2v) is 6.43. The molecule has 0 aromatic rings. The van der Waals surface area contributed by atoms with Crippen LogP contribution in [0.2, 0.25) is 0 Å². The highest BCUT2D eigenvalue weighted by Gasteiger charge is 2.26. The van der Waals surface area contributed by atoms with Gasteiger partial charge in [-0.3, -0.25) is 9.59 Å². The molecule has 0 spiro atoms. The summed E-state index contributed by atoms with van der Waals surface area (Å²) in [6.07, 6.45) is 1.76. The predicted molar refractivity (Wildman–Crippen MR) is 59.0 cm³/mol. The molecule has 0 N–H and O–H groups in total. The first-order valence-corrected chi connectivity index (χ1v) is 7.08. The maximum atomic E-state index is 12.0. The fourth-order valence-corrected chi connectivity index (χ4v) is 4.00. The molecule has 1 aliphatic heterocycles. The molecule has 0 unspecified atom stereocenters. The van der Waals surface area contributed by atoms with E-state index in [1.54, 1.807) is 0 Å². The van der Waals surface area contributed by atoms with Crippen LogP contribution in [0, 0.1) is 5.92 Å². The van der Waals surface area contributed by atoms with Crippen molar-refractivity contribution in [2.24, 2.45) is 10.3 Å². The molecular weight excluding hydrogens is 214 g/mol. The minimum atomic E-state index is -2.34. The van der Waals surface area contributed by atoms with E-state index < -0.39 is 9.73 Å². The molecule has 1 fully saturated rings. The minimum absolute atomic E-state index is 0.0340. The first kappa shape index (κ1) is 12.4. The van der Waals surface area contributed by atoms with Crippen LogP contribution in [0.4, 0.5) is 0 Å². The van der Waals surface area contributed by atoms with Crippen LogP contribution in [0.1, 0.15) is 33.1 Å². The number of ketones is 1. The van der Waals surface area contributed by atoms with Gasteiger partial charge in [0.1, 0.15) is 5.78 Å². The average molecular weight is 231 g/mol. The SMILES string of the molecule is CCC(=O)C1CCS(=O)(=NC(C)=O)CC1. The topological polar surface area (TPSA) is 63.6 Å². The Morgan fingerprint density at radius 1 is 1.33 bits per heavy atom. The summed E-state index contributed by atoms with van der Waals surface area (Å²) in [4.78, 5) is 22.2. The summed E-state index contributed by atoms with van der Waals surface area (Å²) >= 11 is 0. The zero-order chi connectivity index (χ0) is 11.5. The normalized spacial score (nSPS) is 30.9. The second-order valence-electron chi connectivity index (χ2n) is 3.89. The van der Waals surface area contributed by atoms with Gasteiger partial charge in [-0.05, 0) is 12.8 Å². The Hall–Kier alpha value is -0.710. The molecule has 1 rings (SSSR count). The number of carbonyl (C=O) groups is 2. The molecule has 1 aliphatic rings. The fourth-order valence-electron chi connectivity index (χ4n) is 1.84. The monoisotopic (exact) mass is 231 g/mol. The summed E-state index contributed by atoms with van der Waals surface area (Å²) in [5.74, 6) is 0.678. The Bertz CT molecular complexity index is 366. The number of rotatable bonds is 2. The molecule has 4 nitrogen and oxygen atoms in total. The van der Waals surface area contributed by atoms with Gasteiger partial charge in [-0.25, -0.2) is 4.21 Å². The highest BCUT2D eigenvalue weighted by Crippen LogP contribution is 2.22. The van der Waals surface area contributed by atoms with E-state index in [9.17, 15) is 13.8 Å². The van der Waals surface area contributed by atoms with Gasteiger partial charge < -0.3 is 0 Å². The van der Waals surface area contributed by atoms with Gasteiger partial charge in [-0.1, -0.05) is 6.92 Å². The van der Waals surface area contributed by atoms with Crippen LogP contribution in [0.3, 0.4) is 0 Å². The number of hydrogen-bond acceptors (Lipinski definition) is 3. The lowest BCUT2D eigenvalue weighted by Gasteiger charge is -2.22. The van der Waals surface area contributed by atoms with Crippen molar-refractivity contribution in [3.05, 3.63) is 0 Å². The molecule has 0 atom stereocenters. The first-order valence-electron chi connectivity index (χ1n) is 5.22. The summed E-state index contributed by atoms with van der Waals surface area (Å²) in [7, 11) is -2.34. The van der Waals surface area contributed by atoms with E-state index in [2.05, 4.69) is 4.36 Å². The molecule has 5 heteroatoms. The third-order valence-corrected chi connectivity index (χ3v) is 5.01. The van der Waals surface area contributed by atoms with Gasteiger partial charge in [0.2, 0.25) is 0 Å². The second kappa shape index (κ2) is 4.88. The smallest absolute Gasteiger partial charge is 0.250 e. The van der Waals surface area contributed by atoms with E-state index in [4.69, 9.17) is 0 Å². The van der Waals surface area contributed by atoms with Gasteiger partial charge in [-0.15, -0.1) is 0 Å². The number of carbonyl (C=O) groups excluding carboxylic acids is 2. The van der Waals surface area contributed by atoms with Gasteiger partial charge in [-0.2, -0.15) is 4.36 Å². The van der Waals surface area contributed by atoms with Crippen LogP contribution >= 0.6 is 0 Å². The third-order valence-electron chi connectivity index (χ3n) is 2.67. The van der Waals surface area contributed by atoms with E-state index in [0.29, 0.717) is 30.8 Å². The van der Waals surface area contributed by atoms with Crippen molar-refractivity contribution in [3.8, 4) is 0 Å². The van der Waals surface area contributed by atoms with Crippen LogP contribution in [0.5, 0.6) is 0 Å². The van der Waals surface area contributed by atoms with Crippen molar-refractivity contribution in [1.82, 2.24) is 0 Å². The van der Waals surface area contributed by atoms with E-state index >= 15 is 0 Å². The molecule has 0 aromatic heterocycles. The van der Waals surface area contributed by atoms with Gasteiger partial charge >= 0.3 is 0 Å². The summed E-state index contributed by atoms with van der Waals surface area (Å²) in [6, 6.07) is 0. The fraction of sp³-hybridized carbons (Fsp3) is 0.800. The van der Waals surface area contributed by atoms with Crippen LogP contribution in [0.25, 0.3) is 0 Å². The van der Waals surface area contributed by atoms with Crippen LogP contribution < -0.4 is 0 Å². The van der Waals surface area contributed by atoms with Gasteiger partial charge in [0.05, 0.1) is 9.73 Å². The molecule has 0 aliphatic carbocycles. The van der Waals surface area contributed by atoms with Crippen molar-refractivity contribution in [2.75, 3.05) is 11.5 Å². The molecule has 0 bridgehead atoms. The molecular formula is C10H17NO3S. The lowest BCUT2D eigenvalue weighted by atomic mass is 9.96. The number of Topliss-reactive ketones (excluding diaryl/α,β-unsaturated/α-hetero) is 1. The predicted octanol–water partition coefficient (Wildman–Crippen LogP) is 1.39. The summed E-state index contributed by atoms with van der Waals surface area (Å²) in [5, 5.41) is 0. The average Bonchev–Trinajstić information content (AvgIpc) is 2.16. The van der Waals surface area contributed by atoms with Gasteiger partial charge in [0, 0.05) is 30.8 Å². The van der Waals surface area contributed by atoms with E-state index in [1.165, 1.54) is 6.92 Å². The minimum Gasteiger partial charge on any atom is -0.299 e. The van der Waals surface area contributed by atoms with E-state index in [-0.39, 0.29) is 17.6 Å². The zero-order valence-electron chi connectivity index (χ0n) is 9.19. The van der Waals surface area contributed by atoms with Crippen LogP contribution in [-0.4, -0.2) is 27.4 Å². The Kier molecular flexibility index (Phi) is 4.02. The Balaban J connectivity index is 2.67. The molecule has 0 aromatic carbocycles. The lowest BCUT2D eigenvalue weighted by molar-refractivity contribution is -0.122. The van der Waals surface area contributed by atoms with E-state index in [1.807, 2.05) is 6.92 Å². The van der Waals surface area contributed by atoms with E-state index in [0.717, 1.165) is 0 Å². The highest BCUT2D eigenvalue weighted by atomic mass is 32.2. The van der Waals surface area contributed by atoms with Gasteiger partial charge in [0.15, 0.2) is 0 Å². The maximum Gasteiger partial charge on any atom is 0.250 e. The first-order chi connectivity index (χ1) is 6.97. The molecule has 1 saturated heterocycles. The standard InChI is InChI=1S/C10H17NO3S/c1-3-10(13)9-4-6-15(14,7-5-9)11-8(2)12/h9H,3-7H2,1-2H3. The molecule has 1 amide bonds. The number of nitrogens with zero attached hydrogens (tertiary/aromatic N) is 1. The van der Waals surface area contributed by atoms with Crippen molar-refractivity contribution in [2.45, 2.75) is 33.1 Å². The lowest BCUT2D eigenvalue weighted by Crippen LogP contribution is -2.28. The van der Waals surface area contributed by atoms with Gasteiger partial charge in [0.25, 0.3) is 5.91 Å². The largest absolute Gasteiger partial charge is 0.299 e. The third kappa shape index (κ3) is 3.41. The van der Waals surface area contributed by atoms with Crippen molar-refractivity contribution >= 4 is 21.4 Å². The van der Waals surface area contributed by atoms with Crippen molar-refractivity contribution < 1.29 is 13.8 Å².